The second-order valence-corrected chi connectivity index (χ2v) is 8.59. The van der Waals surface area contributed by atoms with Crippen molar-refractivity contribution in [3.05, 3.63) is 64.2 Å². The molecule has 0 radical (unpaired) electrons. The van der Waals surface area contributed by atoms with Crippen molar-refractivity contribution in [1.29, 1.82) is 0 Å². The van der Waals surface area contributed by atoms with E-state index in [1.165, 1.54) is 24.9 Å². The van der Waals surface area contributed by atoms with E-state index in [0.717, 1.165) is 17.7 Å². The van der Waals surface area contributed by atoms with Crippen molar-refractivity contribution in [2.24, 2.45) is 0 Å². The normalized spacial score (nSPS) is 12.0. The molecule has 0 fully saturated rings. The standard InChI is InChI=1S/C20H24N4O7S/c1-14(20(26)23(3)13-15-7-5-4-6-8-15)31-19(25)12-22-32(29,30)16-9-10-17(21-2)18(11-16)24(27)28/h4-11,14,21-22H,12-13H2,1-3H3/t14-/m1/s1. The van der Waals surface area contributed by atoms with Gasteiger partial charge in [-0.25, -0.2) is 8.42 Å². The lowest BCUT2D eigenvalue weighted by atomic mass is 10.2. The van der Waals surface area contributed by atoms with Gasteiger partial charge in [0.1, 0.15) is 12.2 Å². The van der Waals surface area contributed by atoms with Gasteiger partial charge in [-0.15, -0.1) is 0 Å². The topological polar surface area (TPSA) is 148 Å². The fourth-order valence-corrected chi connectivity index (χ4v) is 3.80. The number of esters is 1. The molecule has 12 heteroatoms. The van der Waals surface area contributed by atoms with Gasteiger partial charge in [0, 0.05) is 26.7 Å². The largest absolute Gasteiger partial charge is 0.452 e. The summed E-state index contributed by atoms with van der Waals surface area (Å²) >= 11 is 0. The molecule has 0 aliphatic rings. The number of nitro benzene ring substituents is 1. The summed E-state index contributed by atoms with van der Waals surface area (Å²) < 4.78 is 31.9. The smallest absolute Gasteiger partial charge is 0.321 e. The molecule has 11 nitrogen and oxygen atoms in total. The van der Waals surface area contributed by atoms with E-state index in [-0.39, 0.29) is 10.6 Å². The average Bonchev–Trinajstić information content (AvgIpc) is 2.77. The molecule has 0 heterocycles. The highest BCUT2D eigenvalue weighted by Crippen LogP contribution is 2.26. The molecule has 172 valence electrons. The van der Waals surface area contributed by atoms with Crippen LogP contribution in [0.15, 0.2) is 53.4 Å². The summed E-state index contributed by atoms with van der Waals surface area (Å²) in [6.07, 6.45) is -1.13. The van der Waals surface area contributed by atoms with Crippen molar-refractivity contribution in [3.63, 3.8) is 0 Å². The number of likely N-dealkylation sites (N-methyl/N-ethyl adjacent to an activating group) is 1. The number of anilines is 1. The maximum absolute atomic E-state index is 12.4. The Labute approximate surface area is 185 Å². The van der Waals surface area contributed by atoms with E-state index >= 15 is 0 Å². The minimum absolute atomic E-state index is 0.139. The Bertz CT molecular complexity index is 1090. The van der Waals surface area contributed by atoms with Gasteiger partial charge in [0.25, 0.3) is 11.6 Å². The predicted octanol–water partition coefficient (Wildman–Crippen LogP) is 1.51. The van der Waals surface area contributed by atoms with Crippen molar-refractivity contribution in [2.75, 3.05) is 26.0 Å². The van der Waals surface area contributed by atoms with Gasteiger partial charge in [-0.05, 0) is 24.6 Å². The summed E-state index contributed by atoms with van der Waals surface area (Å²) in [7, 11) is -1.21. The molecule has 0 aliphatic heterocycles. The molecule has 2 rings (SSSR count). The Hall–Kier alpha value is -3.51. The van der Waals surface area contributed by atoms with E-state index in [2.05, 4.69) is 5.32 Å². The molecule has 0 spiro atoms. The molecular formula is C20H24N4O7S. The van der Waals surface area contributed by atoms with Crippen LogP contribution in [0.1, 0.15) is 12.5 Å². The van der Waals surface area contributed by atoms with E-state index < -0.39 is 45.2 Å². The number of nitrogens with zero attached hydrogens (tertiary/aromatic N) is 2. The number of sulfonamides is 1. The minimum Gasteiger partial charge on any atom is -0.452 e. The first-order valence-electron chi connectivity index (χ1n) is 9.49. The molecule has 0 saturated carbocycles. The first kappa shape index (κ1) is 24.8. The number of rotatable bonds is 10. The lowest BCUT2D eigenvalue weighted by molar-refractivity contribution is -0.384. The number of carbonyl (C=O) groups is 2. The highest BCUT2D eigenvalue weighted by molar-refractivity contribution is 7.89. The quantitative estimate of drug-likeness (QED) is 0.305. The fraction of sp³-hybridized carbons (Fsp3) is 0.300. The third-order valence-corrected chi connectivity index (χ3v) is 5.85. The summed E-state index contributed by atoms with van der Waals surface area (Å²) in [5, 5.41) is 13.7. The number of benzene rings is 2. The Kier molecular flexibility index (Phi) is 8.27. The molecule has 0 unspecified atom stereocenters. The van der Waals surface area contributed by atoms with Crippen LogP contribution in [0.3, 0.4) is 0 Å². The first-order valence-corrected chi connectivity index (χ1v) is 11.0. The van der Waals surface area contributed by atoms with Gasteiger partial charge >= 0.3 is 5.97 Å². The summed E-state index contributed by atoms with van der Waals surface area (Å²) in [6, 6.07) is 12.5. The molecule has 0 aliphatic carbocycles. The molecule has 0 aromatic heterocycles. The average molecular weight is 465 g/mol. The molecular weight excluding hydrogens is 440 g/mol. The molecule has 2 aromatic rings. The van der Waals surface area contributed by atoms with Gasteiger partial charge in [-0.1, -0.05) is 30.3 Å². The number of nitrogens with one attached hydrogen (secondary N) is 2. The Morgan fingerprint density at radius 2 is 1.84 bits per heavy atom. The molecule has 32 heavy (non-hydrogen) atoms. The summed E-state index contributed by atoms with van der Waals surface area (Å²) in [5.74, 6) is -1.42. The highest BCUT2D eigenvalue weighted by atomic mass is 32.2. The van der Waals surface area contributed by atoms with E-state index in [1.807, 2.05) is 35.1 Å². The Balaban J connectivity index is 1.95. The highest BCUT2D eigenvalue weighted by Gasteiger charge is 2.24. The summed E-state index contributed by atoms with van der Waals surface area (Å²) in [4.78, 5) is 35.9. The fourth-order valence-electron chi connectivity index (χ4n) is 2.81. The first-order chi connectivity index (χ1) is 15.0. The lowest BCUT2D eigenvalue weighted by Crippen LogP contribution is -2.39. The minimum atomic E-state index is -4.23. The number of nitro groups is 1. The monoisotopic (exact) mass is 464 g/mol. The van der Waals surface area contributed by atoms with Crippen LogP contribution in [-0.4, -0.2) is 56.9 Å². The van der Waals surface area contributed by atoms with Crippen molar-refractivity contribution in [1.82, 2.24) is 9.62 Å². The van der Waals surface area contributed by atoms with Crippen LogP contribution < -0.4 is 10.0 Å². The van der Waals surface area contributed by atoms with Crippen LogP contribution in [0, 0.1) is 10.1 Å². The van der Waals surface area contributed by atoms with Crippen LogP contribution in [0.5, 0.6) is 0 Å². The zero-order chi connectivity index (χ0) is 23.9. The molecule has 2 aromatic carbocycles. The van der Waals surface area contributed by atoms with Crippen LogP contribution in [-0.2, 0) is 30.9 Å². The number of carbonyl (C=O) groups excluding carboxylic acids is 2. The van der Waals surface area contributed by atoms with Crippen LogP contribution in [0.25, 0.3) is 0 Å². The van der Waals surface area contributed by atoms with Gasteiger partial charge in [0.2, 0.25) is 10.0 Å². The van der Waals surface area contributed by atoms with E-state index in [1.54, 1.807) is 7.05 Å². The van der Waals surface area contributed by atoms with Gasteiger partial charge < -0.3 is 15.0 Å². The zero-order valence-corrected chi connectivity index (χ0v) is 18.6. The van der Waals surface area contributed by atoms with Crippen molar-refractivity contribution in [3.8, 4) is 0 Å². The Morgan fingerprint density at radius 3 is 2.44 bits per heavy atom. The second-order valence-electron chi connectivity index (χ2n) is 6.82. The molecule has 2 N–H and O–H groups in total. The van der Waals surface area contributed by atoms with E-state index in [9.17, 15) is 28.1 Å². The second kappa shape index (κ2) is 10.7. The van der Waals surface area contributed by atoms with Crippen molar-refractivity contribution < 1.29 is 27.7 Å². The number of hydrogen-bond donors (Lipinski definition) is 2. The molecule has 0 bridgehead atoms. The molecule has 1 atom stereocenters. The van der Waals surface area contributed by atoms with E-state index in [0.29, 0.717) is 6.54 Å². The van der Waals surface area contributed by atoms with Gasteiger partial charge in [-0.3, -0.25) is 19.7 Å². The third kappa shape index (κ3) is 6.49. The maximum Gasteiger partial charge on any atom is 0.321 e. The maximum atomic E-state index is 12.4. The SMILES string of the molecule is CNc1ccc(S(=O)(=O)NCC(=O)O[C@H](C)C(=O)N(C)Cc2ccccc2)cc1[N+](=O)[O-]. The van der Waals surface area contributed by atoms with Gasteiger partial charge in [-0.2, -0.15) is 4.72 Å². The van der Waals surface area contributed by atoms with E-state index in [4.69, 9.17) is 4.74 Å². The Morgan fingerprint density at radius 1 is 1.19 bits per heavy atom. The number of amides is 1. The number of hydrogen-bond acceptors (Lipinski definition) is 8. The van der Waals surface area contributed by atoms with Crippen LogP contribution in [0.2, 0.25) is 0 Å². The van der Waals surface area contributed by atoms with Gasteiger partial charge in [0.05, 0.1) is 9.82 Å². The molecule has 1 amide bonds. The third-order valence-electron chi connectivity index (χ3n) is 4.45. The predicted molar refractivity (Wildman–Crippen MR) is 116 cm³/mol. The van der Waals surface area contributed by atoms with Gasteiger partial charge in [0.15, 0.2) is 6.10 Å². The number of ether oxygens (including phenoxy) is 1. The molecule has 0 saturated heterocycles. The lowest BCUT2D eigenvalue weighted by Gasteiger charge is -2.21. The van der Waals surface area contributed by atoms with Crippen LogP contribution in [0.4, 0.5) is 11.4 Å². The summed E-state index contributed by atoms with van der Waals surface area (Å²) in [6.45, 7) is 0.954. The zero-order valence-electron chi connectivity index (χ0n) is 17.8. The van der Waals surface area contributed by atoms with Crippen LogP contribution >= 0.6 is 0 Å². The summed E-state index contributed by atoms with van der Waals surface area (Å²) in [5.41, 5.74) is 0.604. The van der Waals surface area contributed by atoms with Crippen molar-refractivity contribution in [2.45, 2.75) is 24.5 Å². The van der Waals surface area contributed by atoms with Crippen molar-refractivity contribution >= 4 is 33.3 Å².